The third-order valence-electron chi connectivity index (χ3n) is 4.09. The van der Waals surface area contributed by atoms with Crippen LogP contribution in [0.15, 0.2) is 23.1 Å². The Bertz CT molecular complexity index is 741. The molecule has 8 nitrogen and oxygen atoms in total. The summed E-state index contributed by atoms with van der Waals surface area (Å²) >= 11 is 0. The van der Waals surface area contributed by atoms with Crippen LogP contribution in [0.4, 0.5) is 5.69 Å². The van der Waals surface area contributed by atoms with Gasteiger partial charge in [0.05, 0.1) is 36.4 Å². The number of amides is 1. The normalized spacial score (nSPS) is 21.6. The van der Waals surface area contributed by atoms with Crippen LogP contribution in [-0.4, -0.2) is 76.6 Å². The number of morpholine rings is 1. The molecule has 2 atom stereocenters. The lowest BCUT2D eigenvalue weighted by Crippen LogP contribution is -2.48. The molecule has 0 aromatic heterocycles. The van der Waals surface area contributed by atoms with E-state index in [1.165, 1.54) is 39.4 Å². The van der Waals surface area contributed by atoms with E-state index in [2.05, 4.69) is 5.32 Å². The van der Waals surface area contributed by atoms with Gasteiger partial charge in [0.2, 0.25) is 15.9 Å². The largest absolute Gasteiger partial charge is 0.495 e. The molecule has 0 radical (unpaired) electrons. The molecule has 1 aromatic rings. The molecule has 26 heavy (non-hydrogen) atoms. The summed E-state index contributed by atoms with van der Waals surface area (Å²) in [6.07, 6.45) is 0.129. The van der Waals surface area contributed by atoms with Gasteiger partial charge in [-0.3, -0.25) is 9.69 Å². The number of rotatable bonds is 6. The summed E-state index contributed by atoms with van der Waals surface area (Å²) in [5.74, 6) is 0.170. The predicted molar refractivity (Wildman–Crippen MR) is 98.9 cm³/mol. The zero-order valence-corrected chi connectivity index (χ0v) is 16.7. The molecule has 1 saturated heterocycles. The van der Waals surface area contributed by atoms with E-state index in [-0.39, 0.29) is 29.6 Å². The third kappa shape index (κ3) is 4.94. The van der Waals surface area contributed by atoms with Gasteiger partial charge in [-0.2, -0.15) is 0 Å². The summed E-state index contributed by atoms with van der Waals surface area (Å²) in [5.41, 5.74) is 0.329. The Morgan fingerprint density at radius 2 is 1.92 bits per heavy atom. The molecule has 1 N–H and O–H groups in total. The lowest BCUT2D eigenvalue weighted by molar-refractivity contribution is -0.121. The summed E-state index contributed by atoms with van der Waals surface area (Å²) in [6.45, 7) is 5.48. The van der Waals surface area contributed by atoms with Gasteiger partial charge < -0.3 is 14.8 Å². The number of carbonyl (C=O) groups is 1. The second kappa shape index (κ2) is 8.34. The molecule has 146 valence electrons. The summed E-state index contributed by atoms with van der Waals surface area (Å²) in [6, 6.07) is 4.40. The molecule has 1 amide bonds. The van der Waals surface area contributed by atoms with Crippen molar-refractivity contribution in [2.75, 3.05) is 46.2 Å². The Kier molecular flexibility index (Phi) is 6.62. The summed E-state index contributed by atoms with van der Waals surface area (Å²) in [7, 11) is 0.780. The first-order valence-corrected chi connectivity index (χ1v) is 9.85. The topological polar surface area (TPSA) is 88.2 Å². The molecule has 0 saturated carbocycles. The van der Waals surface area contributed by atoms with E-state index < -0.39 is 10.0 Å². The molecule has 1 aliphatic heterocycles. The number of carbonyl (C=O) groups excluding carboxylic acids is 1. The van der Waals surface area contributed by atoms with E-state index in [9.17, 15) is 13.2 Å². The number of sulfonamides is 1. The molecule has 1 fully saturated rings. The Hall–Kier alpha value is -1.68. The molecule has 2 rings (SSSR count). The van der Waals surface area contributed by atoms with Crippen LogP contribution in [-0.2, 0) is 19.6 Å². The molecule has 0 unspecified atom stereocenters. The van der Waals surface area contributed by atoms with Crippen LogP contribution < -0.4 is 10.1 Å². The highest BCUT2D eigenvalue weighted by Crippen LogP contribution is 2.28. The quantitative estimate of drug-likeness (QED) is 0.786. The minimum absolute atomic E-state index is 0.0645. The van der Waals surface area contributed by atoms with Crippen LogP contribution in [0, 0.1) is 0 Å². The number of hydrogen-bond acceptors (Lipinski definition) is 6. The fraction of sp³-hybridized carbons (Fsp3) is 0.588. The zero-order valence-electron chi connectivity index (χ0n) is 15.9. The van der Waals surface area contributed by atoms with E-state index in [0.717, 1.165) is 4.31 Å². The Labute approximate surface area is 155 Å². The SMILES string of the molecule is COc1ccc(S(=O)(=O)N(C)C)cc1NC(=O)CN1C[C@H](C)O[C@@H](C)C1. The van der Waals surface area contributed by atoms with Crippen LogP contribution in [0.5, 0.6) is 5.75 Å². The van der Waals surface area contributed by atoms with Gasteiger partial charge in [-0.1, -0.05) is 0 Å². The van der Waals surface area contributed by atoms with Gasteiger partial charge in [-0.15, -0.1) is 0 Å². The fourth-order valence-electron chi connectivity index (χ4n) is 2.96. The second-order valence-corrected chi connectivity index (χ2v) is 8.80. The lowest BCUT2D eigenvalue weighted by Gasteiger charge is -2.34. The molecular formula is C17H27N3O5S. The van der Waals surface area contributed by atoms with Crippen molar-refractivity contribution in [3.63, 3.8) is 0 Å². The van der Waals surface area contributed by atoms with Crippen molar-refractivity contribution in [1.29, 1.82) is 0 Å². The highest BCUT2D eigenvalue weighted by molar-refractivity contribution is 7.89. The minimum atomic E-state index is -3.60. The number of nitrogens with zero attached hydrogens (tertiary/aromatic N) is 2. The minimum Gasteiger partial charge on any atom is -0.495 e. The van der Waals surface area contributed by atoms with Crippen molar-refractivity contribution < 1.29 is 22.7 Å². The van der Waals surface area contributed by atoms with E-state index >= 15 is 0 Å². The molecule has 0 aliphatic carbocycles. The summed E-state index contributed by atoms with van der Waals surface area (Å²) in [5, 5.41) is 2.76. The van der Waals surface area contributed by atoms with E-state index in [1.54, 1.807) is 0 Å². The summed E-state index contributed by atoms with van der Waals surface area (Å²) < 4.78 is 36.6. The van der Waals surface area contributed by atoms with Gasteiger partial charge in [0.25, 0.3) is 0 Å². The Morgan fingerprint density at radius 1 is 1.31 bits per heavy atom. The van der Waals surface area contributed by atoms with Crippen molar-refractivity contribution in [2.24, 2.45) is 0 Å². The van der Waals surface area contributed by atoms with Gasteiger partial charge in [0.1, 0.15) is 5.75 Å². The molecule has 1 heterocycles. The molecule has 9 heteroatoms. The van der Waals surface area contributed by atoms with E-state index in [1.807, 2.05) is 18.7 Å². The maximum atomic E-state index is 12.4. The summed E-state index contributed by atoms with van der Waals surface area (Å²) in [4.78, 5) is 14.6. The number of benzene rings is 1. The number of anilines is 1. The van der Waals surface area contributed by atoms with Crippen LogP contribution in [0.3, 0.4) is 0 Å². The lowest BCUT2D eigenvalue weighted by atomic mass is 10.2. The molecule has 1 aliphatic rings. The second-order valence-electron chi connectivity index (χ2n) is 6.65. The standard InChI is InChI=1S/C17H27N3O5S/c1-12-9-20(10-13(2)25-12)11-17(21)18-15-8-14(6-7-16(15)24-5)26(22,23)19(3)4/h6-8,12-13H,9-11H2,1-5H3,(H,18,21)/t12-,13-/m0/s1. The highest BCUT2D eigenvalue weighted by atomic mass is 32.2. The van der Waals surface area contributed by atoms with E-state index in [0.29, 0.717) is 24.5 Å². The van der Waals surface area contributed by atoms with Crippen molar-refractivity contribution in [3.8, 4) is 5.75 Å². The maximum Gasteiger partial charge on any atom is 0.242 e. The first kappa shape index (κ1) is 20.6. The van der Waals surface area contributed by atoms with Crippen molar-refractivity contribution >= 4 is 21.6 Å². The van der Waals surface area contributed by atoms with Gasteiger partial charge >= 0.3 is 0 Å². The van der Waals surface area contributed by atoms with Gasteiger partial charge in [0.15, 0.2) is 0 Å². The Morgan fingerprint density at radius 3 is 2.46 bits per heavy atom. The van der Waals surface area contributed by atoms with Gasteiger partial charge in [-0.25, -0.2) is 12.7 Å². The third-order valence-corrected chi connectivity index (χ3v) is 5.90. The van der Waals surface area contributed by atoms with Crippen LogP contribution in [0.2, 0.25) is 0 Å². The maximum absolute atomic E-state index is 12.4. The van der Waals surface area contributed by atoms with Crippen molar-refractivity contribution in [1.82, 2.24) is 9.21 Å². The average Bonchev–Trinajstić information content (AvgIpc) is 2.53. The molecule has 0 bridgehead atoms. The highest BCUT2D eigenvalue weighted by Gasteiger charge is 2.24. The van der Waals surface area contributed by atoms with Crippen LogP contribution in [0.1, 0.15) is 13.8 Å². The molecule has 0 spiro atoms. The Balaban J connectivity index is 2.15. The number of methoxy groups -OCH3 is 1. The number of hydrogen-bond donors (Lipinski definition) is 1. The van der Waals surface area contributed by atoms with Gasteiger partial charge in [-0.05, 0) is 32.0 Å². The number of ether oxygens (including phenoxy) is 2. The predicted octanol–water partition coefficient (Wildman–Crippen LogP) is 0.993. The average molecular weight is 385 g/mol. The molecular weight excluding hydrogens is 358 g/mol. The van der Waals surface area contributed by atoms with Crippen LogP contribution >= 0.6 is 0 Å². The van der Waals surface area contributed by atoms with Gasteiger partial charge in [0, 0.05) is 27.2 Å². The molecule has 1 aromatic carbocycles. The van der Waals surface area contributed by atoms with E-state index in [4.69, 9.17) is 9.47 Å². The van der Waals surface area contributed by atoms with Crippen molar-refractivity contribution in [2.45, 2.75) is 31.0 Å². The zero-order chi connectivity index (χ0) is 19.5. The first-order valence-electron chi connectivity index (χ1n) is 8.41. The fourth-order valence-corrected chi connectivity index (χ4v) is 3.89. The van der Waals surface area contributed by atoms with Crippen molar-refractivity contribution in [3.05, 3.63) is 18.2 Å². The number of nitrogens with one attached hydrogen (secondary N) is 1. The van der Waals surface area contributed by atoms with Crippen LogP contribution in [0.25, 0.3) is 0 Å². The first-order chi connectivity index (χ1) is 12.1. The smallest absolute Gasteiger partial charge is 0.242 e. The monoisotopic (exact) mass is 385 g/mol.